The molecule has 0 bridgehead atoms. The maximum atomic E-state index is 12.2. The van der Waals surface area contributed by atoms with Crippen molar-refractivity contribution in [2.45, 2.75) is 56.4 Å². The van der Waals surface area contributed by atoms with Gasteiger partial charge in [-0.3, -0.25) is 0 Å². The van der Waals surface area contributed by atoms with E-state index in [1.807, 2.05) is 0 Å². The van der Waals surface area contributed by atoms with E-state index in [4.69, 9.17) is 11.6 Å². The molecular formula is C14H21ClN2O2S. The Balaban J connectivity index is 1.94. The van der Waals surface area contributed by atoms with E-state index in [0.717, 1.165) is 31.6 Å². The van der Waals surface area contributed by atoms with Gasteiger partial charge in [0, 0.05) is 12.2 Å². The molecule has 0 unspecified atom stereocenters. The average Bonchev–Trinajstić information content (AvgIpc) is 2.41. The van der Waals surface area contributed by atoms with Crippen LogP contribution in [0.3, 0.4) is 0 Å². The molecule has 6 heteroatoms. The fraction of sp³-hybridized carbons (Fsp3) is 0.643. The molecule has 112 valence electrons. The zero-order valence-electron chi connectivity index (χ0n) is 11.7. The van der Waals surface area contributed by atoms with Gasteiger partial charge in [-0.1, -0.05) is 31.4 Å². The molecule has 1 fully saturated rings. The van der Waals surface area contributed by atoms with Crippen molar-refractivity contribution in [1.82, 2.24) is 9.71 Å². The van der Waals surface area contributed by atoms with Gasteiger partial charge < -0.3 is 0 Å². The fourth-order valence-electron chi connectivity index (χ4n) is 2.79. The largest absolute Gasteiger partial charge is 0.243 e. The summed E-state index contributed by atoms with van der Waals surface area (Å²) in [6, 6.07) is 3.03. The van der Waals surface area contributed by atoms with Crippen LogP contribution in [0.4, 0.5) is 0 Å². The lowest BCUT2D eigenvalue weighted by Crippen LogP contribution is -2.37. The van der Waals surface area contributed by atoms with Crippen LogP contribution in [0.2, 0.25) is 5.15 Å². The van der Waals surface area contributed by atoms with E-state index in [0.29, 0.717) is 5.15 Å². The zero-order chi connectivity index (χ0) is 14.6. The Kier molecular flexibility index (Phi) is 5.41. The summed E-state index contributed by atoms with van der Waals surface area (Å²) in [5, 5.41) is 0.295. The van der Waals surface area contributed by atoms with Crippen molar-refractivity contribution in [1.29, 1.82) is 0 Å². The molecule has 0 amide bonds. The summed E-state index contributed by atoms with van der Waals surface area (Å²) in [6.07, 6.45) is 7.82. The number of pyridine rings is 1. The van der Waals surface area contributed by atoms with Crippen molar-refractivity contribution < 1.29 is 8.42 Å². The Hall–Kier alpha value is -0.650. The maximum Gasteiger partial charge on any atom is 0.242 e. The monoisotopic (exact) mass is 316 g/mol. The van der Waals surface area contributed by atoms with Gasteiger partial charge in [0.2, 0.25) is 10.0 Å². The van der Waals surface area contributed by atoms with E-state index in [1.165, 1.54) is 31.2 Å². The summed E-state index contributed by atoms with van der Waals surface area (Å²) in [5.74, 6) is 0.762. The fourth-order valence-corrected chi connectivity index (χ4v) is 4.15. The van der Waals surface area contributed by atoms with Gasteiger partial charge in [0.25, 0.3) is 0 Å². The summed E-state index contributed by atoms with van der Waals surface area (Å²) >= 11 is 5.67. The third kappa shape index (κ3) is 4.17. The van der Waals surface area contributed by atoms with Crippen molar-refractivity contribution in [3.05, 3.63) is 23.5 Å². The number of hydrogen-bond acceptors (Lipinski definition) is 3. The van der Waals surface area contributed by atoms with Gasteiger partial charge in [-0.25, -0.2) is 18.1 Å². The van der Waals surface area contributed by atoms with Gasteiger partial charge in [-0.2, -0.15) is 0 Å². The molecule has 1 N–H and O–H groups in total. The van der Waals surface area contributed by atoms with Crippen LogP contribution >= 0.6 is 11.6 Å². The molecule has 1 aliphatic carbocycles. The standard InChI is InChI=1S/C14H21ClN2O2S/c1-2-3-11-4-6-12(7-5-11)17-20(18,19)13-8-9-14(15)16-10-13/h8-12,17H,2-7H2,1H3. The summed E-state index contributed by atoms with van der Waals surface area (Å²) < 4.78 is 27.2. The van der Waals surface area contributed by atoms with Gasteiger partial charge >= 0.3 is 0 Å². The number of rotatable bonds is 5. The molecule has 0 atom stereocenters. The Morgan fingerprint density at radius 3 is 2.55 bits per heavy atom. The first kappa shape index (κ1) is 15.7. The lowest BCUT2D eigenvalue weighted by molar-refractivity contribution is 0.297. The van der Waals surface area contributed by atoms with Gasteiger partial charge in [-0.05, 0) is 43.7 Å². The van der Waals surface area contributed by atoms with Crippen molar-refractivity contribution in [3.8, 4) is 0 Å². The molecule has 20 heavy (non-hydrogen) atoms. The molecule has 0 spiro atoms. The number of nitrogens with one attached hydrogen (secondary N) is 1. The number of sulfonamides is 1. The predicted molar refractivity (Wildman–Crippen MR) is 80.2 cm³/mol. The van der Waals surface area contributed by atoms with E-state index in [-0.39, 0.29) is 10.9 Å². The highest BCUT2D eigenvalue weighted by atomic mass is 35.5. The predicted octanol–water partition coefficient (Wildman–Crippen LogP) is 3.37. The number of nitrogens with zero attached hydrogens (tertiary/aromatic N) is 1. The van der Waals surface area contributed by atoms with E-state index in [2.05, 4.69) is 16.6 Å². The molecule has 4 nitrogen and oxygen atoms in total. The SMILES string of the molecule is CCCC1CCC(NS(=O)(=O)c2ccc(Cl)nc2)CC1. The average molecular weight is 317 g/mol. The van der Waals surface area contributed by atoms with Gasteiger partial charge in [-0.15, -0.1) is 0 Å². The second-order valence-electron chi connectivity index (χ2n) is 5.44. The van der Waals surface area contributed by atoms with Crippen LogP contribution in [0, 0.1) is 5.92 Å². The first-order valence-electron chi connectivity index (χ1n) is 7.15. The Labute approximate surface area is 126 Å². The minimum absolute atomic E-state index is 0.0452. The molecule has 1 saturated carbocycles. The van der Waals surface area contributed by atoms with Crippen molar-refractivity contribution in [2.24, 2.45) is 5.92 Å². The molecule has 2 rings (SSSR count). The van der Waals surface area contributed by atoms with Crippen LogP contribution in [-0.2, 0) is 10.0 Å². The highest BCUT2D eigenvalue weighted by Gasteiger charge is 2.25. The smallest absolute Gasteiger partial charge is 0.242 e. The highest BCUT2D eigenvalue weighted by Crippen LogP contribution is 2.28. The van der Waals surface area contributed by atoms with Gasteiger partial charge in [0.05, 0.1) is 0 Å². The van der Waals surface area contributed by atoms with Gasteiger partial charge in [0.1, 0.15) is 10.0 Å². The lowest BCUT2D eigenvalue weighted by Gasteiger charge is -2.28. The first-order valence-corrected chi connectivity index (χ1v) is 9.01. The zero-order valence-corrected chi connectivity index (χ0v) is 13.3. The van der Waals surface area contributed by atoms with E-state index < -0.39 is 10.0 Å². The molecule has 0 saturated heterocycles. The van der Waals surface area contributed by atoms with Crippen molar-refractivity contribution >= 4 is 21.6 Å². The third-order valence-electron chi connectivity index (χ3n) is 3.88. The van der Waals surface area contributed by atoms with E-state index >= 15 is 0 Å². The topological polar surface area (TPSA) is 59.1 Å². The first-order chi connectivity index (χ1) is 9.51. The normalized spacial score (nSPS) is 23.7. The van der Waals surface area contributed by atoms with Crippen LogP contribution in [0.1, 0.15) is 45.4 Å². The van der Waals surface area contributed by atoms with Gasteiger partial charge in [0.15, 0.2) is 0 Å². The minimum atomic E-state index is -3.48. The lowest BCUT2D eigenvalue weighted by atomic mass is 9.84. The van der Waals surface area contributed by atoms with Crippen LogP contribution in [0.25, 0.3) is 0 Å². The van der Waals surface area contributed by atoms with Crippen LogP contribution in [-0.4, -0.2) is 19.4 Å². The second kappa shape index (κ2) is 6.87. The molecule has 1 aromatic heterocycles. The third-order valence-corrected chi connectivity index (χ3v) is 5.61. The summed E-state index contributed by atoms with van der Waals surface area (Å²) in [4.78, 5) is 4.00. The van der Waals surface area contributed by atoms with Crippen molar-refractivity contribution in [2.75, 3.05) is 0 Å². The molecule has 1 heterocycles. The summed E-state index contributed by atoms with van der Waals surface area (Å²) in [6.45, 7) is 2.20. The highest BCUT2D eigenvalue weighted by molar-refractivity contribution is 7.89. The van der Waals surface area contributed by atoms with Crippen LogP contribution in [0.15, 0.2) is 23.2 Å². The minimum Gasteiger partial charge on any atom is -0.243 e. The summed E-state index contributed by atoms with van der Waals surface area (Å²) in [7, 11) is -3.48. The molecule has 1 aromatic rings. The van der Waals surface area contributed by atoms with Crippen molar-refractivity contribution in [3.63, 3.8) is 0 Å². The molecule has 0 aromatic carbocycles. The number of aromatic nitrogens is 1. The molecule has 1 aliphatic rings. The Bertz CT molecular complexity index is 523. The molecule has 0 aliphatic heterocycles. The van der Waals surface area contributed by atoms with Crippen LogP contribution in [0.5, 0.6) is 0 Å². The quantitative estimate of drug-likeness (QED) is 0.847. The second-order valence-corrected chi connectivity index (χ2v) is 7.55. The van der Waals surface area contributed by atoms with E-state index in [1.54, 1.807) is 0 Å². The number of halogens is 1. The molecular weight excluding hydrogens is 296 g/mol. The maximum absolute atomic E-state index is 12.2. The molecule has 0 radical (unpaired) electrons. The number of hydrogen-bond donors (Lipinski definition) is 1. The summed E-state index contributed by atoms with van der Waals surface area (Å²) in [5.41, 5.74) is 0. The van der Waals surface area contributed by atoms with Crippen LogP contribution < -0.4 is 4.72 Å². The van der Waals surface area contributed by atoms with E-state index in [9.17, 15) is 8.42 Å². The Morgan fingerprint density at radius 2 is 2.00 bits per heavy atom. The Morgan fingerprint density at radius 1 is 1.30 bits per heavy atom.